The van der Waals surface area contributed by atoms with Crippen molar-refractivity contribution in [3.8, 4) is 0 Å². The number of pyridine rings is 1. The van der Waals surface area contributed by atoms with Crippen LogP contribution in [0.5, 0.6) is 0 Å². The minimum atomic E-state index is -2.42. The van der Waals surface area contributed by atoms with E-state index in [1.807, 2.05) is 6.07 Å². The Labute approximate surface area is 610 Å². The molecular weight excluding hydrogens is 1240 g/mol. The zero-order valence-corrected chi connectivity index (χ0v) is 65.1. The molecule has 0 aliphatic carbocycles. The minimum Gasteiger partial charge on any atom is -0.374 e. The van der Waals surface area contributed by atoms with Crippen LogP contribution in [-0.2, 0) is 31.3 Å². The molecule has 4 atom stereocenters. The van der Waals surface area contributed by atoms with Crippen molar-refractivity contribution in [3.63, 3.8) is 0 Å². The van der Waals surface area contributed by atoms with Crippen LogP contribution < -0.4 is 10.5 Å². The van der Waals surface area contributed by atoms with Crippen molar-refractivity contribution in [3.05, 3.63) is 100.0 Å². The summed E-state index contributed by atoms with van der Waals surface area (Å²) >= 11 is 0. The Morgan fingerprint density at radius 2 is 0.747 bits per heavy atom. The summed E-state index contributed by atoms with van der Waals surface area (Å²) in [4.78, 5) is 38.2. The molecule has 11 aliphatic rings. The molecule has 578 valence electrons. The van der Waals surface area contributed by atoms with Crippen molar-refractivity contribution >= 4 is 5.69 Å². The maximum absolute atomic E-state index is 12.4. The monoisotopic (exact) mass is 1400 g/mol. The number of para-hydroxylation sites is 1. The van der Waals surface area contributed by atoms with Crippen molar-refractivity contribution < 1.29 is 13.5 Å². The number of halogens is 2. The molecule has 17 heteroatoms. The lowest BCUT2D eigenvalue weighted by Gasteiger charge is -2.32. The number of nitrogens with zero attached hydrogens (tertiary/aromatic N) is 13. The second-order valence-corrected chi connectivity index (χ2v) is 30.7. The average Bonchev–Trinajstić information content (AvgIpc) is 1.57. The Morgan fingerprint density at radius 3 is 1.06 bits per heavy atom. The van der Waals surface area contributed by atoms with E-state index in [-0.39, 0.29) is 40.8 Å². The van der Waals surface area contributed by atoms with E-state index in [1.165, 1.54) is 228 Å². The molecule has 4 unspecified atom stereocenters. The molecule has 9 saturated heterocycles. The number of hydrogen-bond acceptors (Lipinski definition) is 14. The van der Waals surface area contributed by atoms with Crippen LogP contribution in [0.15, 0.2) is 77.7 Å². The van der Waals surface area contributed by atoms with Crippen LogP contribution >= 0.6 is 0 Å². The number of piperidine rings is 5. The summed E-state index contributed by atoms with van der Waals surface area (Å²) in [6, 6.07) is 22.3. The van der Waals surface area contributed by atoms with Gasteiger partial charge in [-0.05, 0) is 287 Å². The van der Waals surface area contributed by atoms with Gasteiger partial charge in [0.1, 0.15) is 0 Å². The number of aromatic nitrogens is 1. The number of anilines is 1. The SMILES string of the molecule is C.C.C.CC1CC(C)CN(C)C1.CC1CCN(C)CC1.CC1CN(C)CC(C)O1.CN1CCC1.CN1CCCC(F)(F)C1.CN1CCCC1.CN1CCCCC1.CN1CCCCC1.CN1CCN(C)CC1.CN1CCc2ccccc21.CN1Cc2ccccc2C1.Cn1ccccc1=O. The van der Waals surface area contributed by atoms with Crippen LogP contribution in [0.4, 0.5) is 14.5 Å². The van der Waals surface area contributed by atoms with Crippen molar-refractivity contribution in [2.45, 2.75) is 184 Å². The fourth-order valence-corrected chi connectivity index (χ4v) is 13.6. The highest BCUT2D eigenvalue weighted by Gasteiger charge is 2.33. The normalized spacial score (nSPS) is 24.4. The Morgan fingerprint density at radius 1 is 0.374 bits per heavy atom. The van der Waals surface area contributed by atoms with Crippen LogP contribution in [0.25, 0.3) is 0 Å². The first-order valence-corrected chi connectivity index (χ1v) is 37.7. The third-order valence-electron chi connectivity index (χ3n) is 19.7. The predicted octanol–water partition coefficient (Wildman–Crippen LogP) is 13.7. The number of likely N-dealkylation sites (tertiary alicyclic amines) is 7. The molecule has 14 rings (SSSR count). The summed E-state index contributed by atoms with van der Waals surface area (Å²) < 4.78 is 31.9. The van der Waals surface area contributed by atoms with E-state index in [0.717, 1.165) is 50.5 Å². The molecule has 0 N–H and O–H groups in total. The zero-order valence-electron chi connectivity index (χ0n) is 65.1. The fraction of sp³-hybridized carbons (Fsp3) is 0.793. The maximum Gasteiger partial charge on any atom is 0.260 e. The lowest BCUT2D eigenvalue weighted by molar-refractivity contribution is -0.0602. The van der Waals surface area contributed by atoms with Gasteiger partial charge in [0.25, 0.3) is 5.92 Å². The number of likely N-dealkylation sites (N-methyl/N-ethyl adjacent to an activating group) is 4. The Kier molecular flexibility index (Phi) is 53.2. The van der Waals surface area contributed by atoms with E-state index in [1.54, 1.807) is 31.3 Å². The molecule has 0 radical (unpaired) electrons. The molecule has 99 heavy (non-hydrogen) atoms. The molecular formula is C82H159F2N13O2. The molecule has 2 aromatic carbocycles. The number of benzene rings is 2. The highest BCUT2D eigenvalue weighted by Crippen LogP contribution is 2.27. The van der Waals surface area contributed by atoms with E-state index in [4.69, 9.17) is 4.74 Å². The summed E-state index contributed by atoms with van der Waals surface area (Å²) in [5, 5.41) is 0. The van der Waals surface area contributed by atoms with Gasteiger partial charge in [-0.25, -0.2) is 8.78 Å². The van der Waals surface area contributed by atoms with Crippen LogP contribution in [0.3, 0.4) is 0 Å². The van der Waals surface area contributed by atoms with Gasteiger partial charge in [0.15, 0.2) is 0 Å². The lowest BCUT2D eigenvalue weighted by Crippen LogP contribution is -2.42. The van der Waals surface area contributed by atoms with E-state index in [9.17, 15) is 13.6 Å². The topological polar surface area (TPSA) is 70.1 Å². The maximum atomic E-state index is 12.4. The number of morpholine rings is 1. The lowest BCUT2D eigenvalue weighted by atomic mass is 9.92. The van der Waals surface area contributed by atoms with Gasteiger partial charge in [0.2, 0.25) is 5.56 Å². The van der Waals surface area contributed by atoms with Gasteiger partial charge in [-0.15, -0.1) is 0 Å². The van der Waals surface area contributed by atoms with Crippen molar-refractivity contribution in [2.75, 3.05) is 227 Å². The van der Waals surface area contributed by atoms with Gasteiger partial charge < -0.3 is 63.2 Å². The summed E-state index contributed by atoms with van der Waals surface area (Å²) in [5.74, 6) is 0.385. The largest absolute Gasteiger partial charge is 0.374 e. The van der Waals surface area contributed by atoms with E-state index >= 15 is 0 Å². The second-order valence-electron chi connectivity index (χ2n) is 30.7. The second kappa shape index (κ2) is 55.1. The first-order chi connectivity index (χ1) is 45.7. The quantitative estimate of drug-likeness (QED) is 0.215. The fourth-order valence-electron chi connectivity index (χ4n) is 13.6. The molecule has 0 spiro atoms. The molecule has 9 fully saturated rings. The summed E-state index contributed by atoms with van der Waals surface area (Å²) in [6.45, 7) is 38.3. The first kappa shape index (κ1) is 95.6. The summed E-state index contributed by atoms with van der Waals surface area (Å²) in [7, 11) is 27.4. The van der Waals surface area contributed by atoms with Gasteiger partial charge in [-0.1, -0.05) is 104 Å². The van der Waals surface area contributed by atoms with Gasteiger partial charge in [-0.2, -0.15) is 0 Å². The molecule has 15 nitrogen and oxygen atoms in total. The van der Waals surface area contributed by atoms with E-state index in [2.05, 4.69) is 215 Å². The van der Waals surface area contributed by atoms with Crippen LogP contribution in [0.1, 0.15) is 163 Å². The molecule has 1 aromatic heterocycles. The Balaban J connectivity index is 0.00000106. The number of alkyl halides is 2. The van der Waals surface area contributed by atoms with Crippen molar-refractivity contribution in [2.24, 2.45) is 24.8 Å². The predicted molar refractivity (Wildman–Crippen MR) is 429 cm³/mol. The average molecular weight is 1400 g/mol. The standard InChI is InChI=1S/2C9H11N.C8H17N.C7H15NO.C7H15N.C6H11F2N.C6H14N2.C6H7NO.2C6H13N.C5H11N.C4H9N.3CH4/c1-10-6-8-4-2-3-5-9(8)7-10;1-10-7-6-8-4-2-3-5-9(8)10;1-7-4-8(2)6-9(3)5-7;1-6-4-8(3)5-7(2)9-6;1-7-3-5-8(2)6-4-7;1-9-4-2-3-6(7,8)5-9;1-7-3-5-8(2)6-4-7;1-7-5-3-2-4-6(7)8;2*1-7-5-3-2-4-6-7;1-6-4-2-3-5-6;1-5-3-2-4-5;;;/h2*2-5H,6-7H2,1H3;7-8H,4-6H2,1-3H3;6-7H,4-5H2,1-3H3;7H,3-6H2,1-2H3;2-5H2,1H3;3-6H2,1-2H3;2-5H,1H3;2*2-6H2,1H3;2-5H2,1H3;2-4H2,1H3;3*1H4. The first-order valence-electron chi connectivity index (χ1n) is 37.7. The number of rotatable bonds is 0. The Bertz CT molecular complexity index is 2270. The van der Waals surface area contributed by atoms with E-state index in [0.29, 0.717) is 18.6 Å². The zero-order chi connectivity index (χ0) is 70.8. The summed E-state index contributed by atoms with van der Waals surface area (Å²) in [5.41, 5.74) is 5.91. The van der Waals surface area contributed by atoms with Gasteiger partial charge in [0.05, 0.1) is 18.8 Å². The summed E-state index contributed by atoms with van der Waals surface area (Å²) in [6.07, 6.45) is 21.5. The molecule has 0 saturated carbocycles. The number of hydrogen-bond donors (Lipinski definition) is 0. The van der Waals surface area contributed by atoms with Crippen LogP contribution in [0.2, 0.25) is 0 Å². The van der Waals surface area contributed by atoms with Gasteiger partial charge in [0, 0.05) is 110 Å². The number of piperazine rings is 1. The van der Waals surface area contributed by atoms with Gasteiger partial charge in [-0.3, -0.25) is 9.69 Å². The van der Waals surface area contributed by atoms with Gasteiger partial charge >= 0.3 is 0 Å². The molecule has 12 heterocycles. The van der Waals surface area contributed by atoms with Crippen LogP contribution in [-0.4, -0.2) is 299 Å². The smallest absolute Gasteiger partial charge is 0.260 e. The minimum absolute atomic E-state index is 0. The number of ether oxygens (including phenoxy) is 1. The highest BCUT2D eigenvalue weighted by atomic mass is 19.3. The van der Waals surface area contributed by atoms with E-state index < -0.39 is 5.92 Å². The molecule has 3 aromatic rings. The Hall–Kier alpha value is -3.43. The number of fused-ring (bicyclic) bond motifs is 2. The van der Waals surface area contributed by atoms with Crippen LogP contribution in [0, 0.1) is 17.8 Å². The third-order valence-corrected chi connectivity index (χ3v) is 19.7. The molecule has 0 bridgehead atoms. The molecule has 0 amide bonds. The molecule has 11 aliphatic heterocycles. The third kappa shape index (κ3) is 46.8. The number of aryl methyl sites for hydroxylation is 1. The highest BCUT2D eigenvalue weighted by molar-refractivity contribution is 5.56. The van der Waals surface area contributed by atoms with Crippen molar-refractivity contribution in [1.82, 2.24) is 58.5 Å². The van der Waals surface area contributed by atoms with Crippen molar-refractivity contribution in [1.29, 1.82) is 0 Å².